The molecule has 0 radical (unpaired) electrons. The van der Waals surface area contributed by atoms with Crippen LogP contribution in [0.25, 0.3) is 32.9 Å². The van der Waals surface area contributed by atoms with Crippen LogP contribution in [-0.4, -0.2) is 80.9 Å². The predicted molar refractivity (Wildman–Crippen MR) is 281 cm³/mol. The second-order valence-electron chi connectivity index (χ2n) is 20.7. The van der Waals surface area contributed by atoms with E-state index >= 15 is 4.39 Å². The van der Waals surface area contributed by atoms with Gasteiger partial charge in [-0.2, -0.15) is 5.10 Å². The van der Waals surface area contributed by atoms with Crippen molar-refractivity contribution in [1.29, 1.82) is 0 Å². The molecule has 378 valence electrons. The summed E-state index contributed by atoms with van der Waals surface area (Å²) in [5.41, 5.74) is 5.67. The van der Waals surface area contributed by atoms with Crippen molar-refractivity contribution in [2.45, 2.75) is 95.7 Å². The van der Waals surface area contributed by atoms with Crippen LogP contribution in [-0.2, 0) is 21.6 Å². The number of likely N-dealkylation sites (tertiary alicyclic amines) is 1. The Morgan fingerprint density at radius 3 is 2.05 bits per heavy atom. The van der Waals surface area contributed by atoms with E-state index < -0.39 is 29.0 Å². The highest BCUT2D eigenvalue weighted by atomic mass is 19.1. The number of carboxylic acid groups (broad SMARTS) is 1. The van der Waals surface area contributed by atoms with Gasteiger partial charge in [-0.3, -0.25) is 4.68 Å². The number of fused-ring (bicyclic) bond motifs is 2. The zero-order valence-electron chi connectivity index (χ0n) is 42.1. The number of carboxylic acids is 1. The minimum atomic E-state index is -1.03. The minimum absolute atomic E-state index is 0.0262. The Morgan fingerprint density at radius 1 is 0.797 bits per heavy atom. The topological polar surface area (TPSA) is 134 Å². The molecule has 74 heavy (non-hydrogen) atoms. The van der Waals surface area contributed by atoms with E-state index in [9.17, 15) is 14.7 Å². The molecule has 3 fully saturated rings. The average molecular weight is 995 g/mol. The molecule has 2 aromatic heterocycles. The quantitative estimate of drug-likeness (QED) is 0.0989. The predicted octanol–water partition coefficient (Wildman–Crippen LogP) is 12.6. The van der Waals surface area contributed by atoms with E-state index in [4.69, 9.17) is 33.8 Å². The van der Waals surface area contributed by atoms with Gasteiger partial charge in [0.1, 0.15) is 47.5 Å². The fraction of sp³-hybridized carbons (Fsp3) is 0.311. The van der Waals surface area contributed by atoms with Gasteiger partial charge in [0.2, 0.25) is 5.88 Å². The SMILES string of the molecule is Cc1c(F)cc2nn(C(c3ccccc3)(c3ccccc3)c3ccccc3)cc2c1-c1c(C2CC2)cc2c(O[C@H]3CCN(C(=O)OC(C)(C)C)C3)cc(OC[C@H]3CCCO3)nc2c1OCc1ccc(C(=O)O)cc1. The van der Waals surface area contributed by atoms with Crippen molar-refractivity contribution in [2.24, 2.45) is 0 Å². The largest absolute Gasteiger partial charge is 0.488 e. The van der Waals surface area contributed by atoms with Gasteiger partial charge >= 0.3 is 12.1 Å². The molecule has 0 spiro atoms. The molecule has 3 aliphatic rings. The highest BCUT2D eigenvalue weighted by Gasteiger charge is 2.41. The first-order valence-electron chi connectivity index (χ1n) is 25.6. The highest BCUT2D eigenvalue weighted by Crippen LogP contribution is 2.54. The van der Waals surface area contributed by atoms with Crippen molar-refractivity contribution in [3.8, 4) is 28.5 Å². The molecule has 1 aliphatic carbocycles. The van der Waals surface area contributed by atoms with Gasteiger partial charge < -0.3 is 33.7 Å². The molecule has 1 amide bonds. The van der Waals surface area contributed by atoms with Gasteiger partial charge in [0.15, 0.2) is 5.75 Å². The molecule has 8 aromatic rings. The molecule has 4 heterocycles. The van der Waals surface area contributed by atoms with E-state index in [1.807, 2.05) is 92.3 Å². The van der Waals surface area contributed by atoms with Gasteiger partial charge in [0.05, 0.1) is 23.7 Å². The van der Waals surface area contributed by atoms with Crippen LogP contribution in [0.2, 0.25) is 0 Å². The molecule has 0 bridgehead atoms. The summed E-state index contributed by atoms with van der Waals surface area (Å²) in [6.07, 6.45) is 5.30. The minimum Gasteiger partial charge on any atom is -0.488 e. The van der Waals surface area contributed by atoms with Crippen molar-refractivity contribution in [3.05, 3.63) is 184 Å². The second-order valence-corrected chi connectivity index (χ2v) is 20.7. The summed E-state index contributed by atoms with van der Waals surface area (Å²) >= 11 is 0. The number of amides is 1. The molecule has 1 N–H and O–H groups in total. The maximum absolute atomic E-state index is 17.2. The number of benzene rings is 6. The third-order valence-corrected chi connectivity index (χ3v) is 14.3. The smallest absolute Gasteiger partial charge is 0.410 e. The van der Waals surface area contributed by atoms with Crippen LogP contribution in [0, 0.1) is 12.7 Å². The maximum atomic E-state index is 17.2. The number of rotatable bonds is 15. The van der Waals surface area contributed by atoms with E-state index in [2.05, 4.69) is 42.5 Å². The Kier molecular flexibility index (Phi) is 13.1. The average Bonchev–Trinajstić information content (AvgIpc) is 3.68. The summed E-state index contributed by atoms with van der Waals surface area (Å²) in [5.74, 6) is -0.185. The van der Waals surface area contributed by atoms with E-state index in [0.29, 0.717) is 81.7 Å². The Balaban J connectivity index is 1.15. The Morgan fingerprint density at radius 2 is 1.46 bits per heavy atom. The van der Waals surface area contributed by atoms with E-state index in [-0.39, 0.29) is 42.8 Å². The molecule has 13 heteroatoms. The van der Waals surface area contributed by atoms with Crippen molar-refractivity contribution in [1.82, 2.24) is 19.7 Å². The maximum Gasteiger partial charge on any atom is 0.410 e. The van der Waals surface area contributed by atoms with E-state index in [1.165, 1.54) is 6.07 Å². The zero-order valence-corrected chi connectivity index (χ0v) is 42.1. The summed E-state index contributed by atoms with van der Waals surface area (Å²) < 4.78 is 51.4. The molecule has 1 saturated carbocycles. The number of aromatic nitrogens is 3. The summed E-state index contributed by atoms with van der Waals surface area (Å²) in [6, 6.07) is 42.8. The van der Waals surface area contributed by atoms with Crippen LogP contribution in [0.3, 0.4) is 0 Å². The molecule has 12 nitrogen and oxygen atoms in total. The van der Waals surface area contributed by atoms with Crippen molar-refractivity contribution in [3.63, 3.8) is 0 Å². The van der Waals surface area contributed by atoms with E-state index in [0.717, 1.165) is 47.9 Å². The third-order valence-electron chi connectivity index (χ3n) is 14.3. The lowest BCUT2D eigenvalue weighted by Crippen LogP contribution is -2.38. The molecule has 2 aliphatic heterocycles. The monoisotopic (exact) mass is 994 g/mol. The molecule has 6 aromatic carbocycles. The zero-order chi connectivity index (χ0) is 51.1. The van der Waals surface area contributed by atoms with Crippen LogP contribution >= 0.6 is 0 Å². The van der Waals surface area contributed by atoms with Gasteiger partial charge in [0, 0.05) is 59.8 Å². The number of carbonyl (C=O) groups excluding carboxylic acids is 1. The van der Waals surface area contributed by atoms with Crippen molar-refractivity contribution < 1.29 is 42.8 Å². The standard InChI is InChI=1S/C61H59FN4O8/c1-38-50(62)32-51-49(35-66(64-51)61(42-15-8-5-9-16-42,43-17-10-6-11-18-43)44-19-12-7-13-20-44)54(38)55-47(40-26-27-40)31-48-52(73-45-28-29-65(34-45)59(69)74-60(2,3)4)33-53(71-37-46-21-14-30-70-46)63-56(48)57(55)72-36-39-22-24-41(25-23-39)58(67)68/h5-13,15-20,22-25,31-33,35,40,45-46H,14,21,26-30,34,36-37H2,1-4H3,(H,67,68)/t45-,46+/m0/s1. The van der Waals surface area contributed by atoms with Crippen molar-refractivity contribution >= 4 is 33.9 Å². The van der Waals surface area contributed by atoms with Gasteiger partial charge in [-0.15, -0.1) is 0 Å². The molecular formula is C61H59FN4O8. The van der Waals surface area contributed by atoms with Crippen LogP contribution in [0.4, 0.5) is 9.18 Å². The van der Waals surface area contributed by atoms with Gasteiger partial charge in [0.25, 0.3) is 0 Å². The molecule has 2 atom stereocenters. The number of nitrogens with zero attached hydrogens (tertiary/aromatic N) is 4. The fourth-order valence-corrected chi connectivity index (χ4v) is 10.6. The Hall–Kier alpha value is -7.77. The van der Waals surface area contributed by atoms with Gasteiger partial charge in [-0.1, -0.05) is 103 Å². The van der Waals surface area contributed by atoms with Crippen molar-refractivity contribution in [2.75, 3.05) is 26.3 Å². The molecule has 11 rings (SSSR count). The number of carbonyl (C=O) groups is 2. The first-order chi connectivity index (χ1) is 35.8. The third kappa shape index (κ3) is 9.52. The highest BCUT2D eigenvalue weighted by molar-refractivity contribution is 6.05. The lowest BCUT2D eigenvalue weighted by Gasteiger charge is -2.36. The van der Waals surface area contributed by atoms with Crippen LogP contribution in [0.1, 0.15) is 103 Å². The lowest BCUT2D eigenvalue weighted by atomic mass is 9.77. The molecule has 2 saturated heterocycles. The number of aromatic carboxylic acids is 1. The summed E-state index contributed by atoms with van der Waals surface area (Å²) in [6.45, 7) is 9.07. The van der Waals surface area contributed by atoms with Gasteiger partial charge in [-0.05, 0) is 111 Å². The fourth-order valence-electron chi connectivity index (χ4n) is 10.6. The second kappa shape index (κ2) is 19.9. The normalized spacial score (nSPS) is 17.0. The summed E-state index contributed by atoms with van der Waals surface area (Å²) in [5, 5.41) is 16.5. The first-order valence-corrected chi connectivity index (χ1v) is 25.6. The van der Waals surface area contributed by atoms with E-state index in [1.54, 1.807) is 36.1 Å². The van der Waals surface area contributed by atoms with Gasteiger partial charge in [-0.25, -0.2) is 19.0 Å². The van der Waals surface area contributed by atoms with Crippen LogP contribution in [0.5, 0.6) is 17.4 Å². The number of halogens is 1. The summed E-state index contributed by atoms with van der Waals surface area (Å²) in [7, 11) is 0. The first kappa shape index (κ1) is 48.5. The molecule has 0 unspecified atom stereocenters. The lowest BCUT2D eigenvalue weighted by molar-refractivity contribution is 0.0275. The Labute approximate surface area is 429 Å². The molecular weight excluding hydrogens is 936 g/mol. The van der Waals surface area contributed by atoms with Crippen LogP contribution < -0.4 is 14.2 Å². The Bertz CT molecular complexity index is 3250. The number of hydrogen-bond acceptors (Lipinski definition) is 9. The van der Waals surface area contributed by atoms with Crippen LogP contribution in [0.15, 0.2) is 140 Å². The number of ether oxygens (including phenoxy) is 5. The summed E-state index contributed by atoms with van der Waals surface area (Å²) in [4.78, 5) is 32.1. The number of pyridine rings is 1. The number of hydrogen-bond donors (Lipinski definition) is 1.